The molecule has 118 valence electrons. The Morgan fingerprint density at radius 2 is 2.10 bits per heavy atom. The van der Waals surface area contributed by atoms with Crippen LogP contribution in [-0.2, 0) is 6.54 Å². The minimum Gasteiger partial charge on any atom is -0.371 e. The first-order valence-corrected chi connectivity index (χ1v) is 8.87. The van der Waals surface area contributed by atoms with Gasteiger partial charge in [-0.15, -0.1) is 0 Å². The minimum atomic E-state index is 0.872. The highest BCUT2D eigenvalue weighted by Crippen LogP contribution is 2.30. The molecular formula is C18H29ClN2. The van der Waals surface area contributed by atoms with Crippen LogP contribution in [0.15, 0.2) is 18.2 Å². The van der Waals surface area contributed by atoms with Crippen molar-refractivity contribution in [3.63, 3.8) is 0 Å². The largest absolute Gasteiger partial charge is 0.371 e. The van der Waals surface area contributed by atoms with E-state index in [1.165, 1.54) is 43.5 Å². The number of rotatable bonds is 6. The van der Waals surface area contributed by atoms with E-state index in [0.29, 0.717) is 0 Å². The Kier molecular flexibility index (Phi) is 6.85. The molecule has 2 nitrogen and oxygen atoms in total. The topological polar surface area (TPSA) is 15.3 Å². The summed E-state index contributed by atoms with van der Waals surface area (Å²) in [6, 6.07) is 6.34. The first kappa shape index (κ1) is 16.6. The van der Waals surface area contributed by atoms with Gasteiger partial charge in [-0.2, -0.15) is 0 Å². The first-order valence-electron chi connectivity index (χ1n) is 8.49. The normalized spacial score (nSPS) is 19.6. The molecule has 3 heteroatoms. The number of benzene rings is 1. The van der Waals surface area contributed by atoms with E-state index in [2.05, 4.69) is 36.2 Å². The number of hydrogen-bond acceptors (Lipinski definition) is 2. The van der Waals surface area contributed by atoms with Crippen molar-refractivity contribution in [2.45, 2.75) is 52.5 Å². The Balaban J connectivity index is 2.12. The van der Waals surface area contributed by atoms with Gasteiger partial charge in [0.15, 0.2) is 0 Å². The molecule has 0 aromatic heterocycles. The molecule has 1 aliphatic rings. The fourth-order valence-corrected chi connectivity index (χ4v) is 3.46. The summed E-state index contributed by atoms with van der Waals surface area (Å²) in [6.07, 6.45) is 6.45. The molecule has 2 rings (SSSR count). The number of nitrogens with one attached hydrogen (secondary N) is 1. The van der Waals surface area contributed by atoms with Gasteiger partial charge < -0.3 is 10.2 Å². The van der Waals surface area contributed by atoms with Crippen LogP contribution in [0.4, 0.5) is 5.69 Å². The van der Waals surface area contributed by atoms with Crippen LogP contribution in [0.3, 0.4) is 0 Å². The lowest BCUT2D eigenvalue weighted by molar-refractivity contribution is 0.459. The Bertz CT molecular complexity index is 433. The number of halogens is 1. The Hall–Kier alpha value is -0.730. The lowest BCUT2D eigenvalue weighted by Crippen LogP contribution is -2.26. The Labute approximate surface area is 134 Å². The lowest BCUT2D eigenvalue weighted by Gasteiger charge is -2.26. The minimum absolute atomic E-state index is 0.872. The SMILES string of the molecule is CCCNCc1c(Cl)cccc1N1CCCC(CC)CC1. The highest BCUT2D eigenvalue weighted by Gasteiger charge is 2.18. The van der Waals surface area contributed by atoms with Crippen molar-refractivity contribution in [2.24, 2.45) is 5.92 Å². The second-order valence-corrected chi connectivity index (χ2v) is 6.51. The van der Waals surface area contributed by atoms with Gasteiger partial charge in [0.2, 0.25) is 0 Å². The summed E-state index contributed by atoms with van der Waals surface area (Å²) in [5.74, 6) is 0.899. The van der Waals surface area contributed by atoms with E-state index in [0.717, 1.165) is 37.0 Å². The van der Waals surface area contributed by atoms with Gasteiger partial charge in [0, 0.05) is 35.9 Å². The zero-order chi connectivity index (χ0) is 15.1. The molecule has 1 heterocycles. The van der Waals surface area contributed by atoms with Crippen LogP contribution < -0.4 is 10.2 Å². The van der Waals surface area contributed by atoms with Crippen LogP contribution in [0.5, 0.6) is 0 Å². The zero-order valence-electron chi connectivity index (χ0n) is 13.5. The summed E-state index contributed by atoms with van der Waals surface area (Å²) in [5.41, 5.74) is 2.60. The molecule has 1 fully saturated rings. The number of nitrogens with zero attached hydrogens (tertiary/aromatic N) is 1. The van der Waals surface area contributed by atoms with Crippen molar-refractivity contribution >= 4 is 17.3 Å². The average Bonchev–Trinajstić information content (AvgIpc) is 2.74. The molecule has 1 aromatic rings. The lowest BCUT2D eigenvalue weighted by atomic mass is 9.98. The van der Waals surface area contributed by atoms with Crippen LogP contribution in [0.1, 0.15) is 51.5 Å². The summed E-state index contributed by atoms with van der Waals surface area (Å²) in [6.45, 7) is 8.76. The second kappa shape index (κ2) is 8.65. The van der Waals surface area contributed by atoms with E-state index in [-0.39, 0.29) is 0 Å². The molecule has 1 N–H and O–H groups in total. The van der Waals surface area contributed by atoms with E-state index in [4.69, 9.17) is 11.6 Å². The molecule has 21 heavy (non-hydrogen) atoms. The zero-order valence-corrected chi connectivity index (χ0v) is 14.3. The van der Waals surface area contributed by atoms with Gasteiger partial charge in [-0.05, 0) is 50.3 Å². The predicted molar refractivity (Wildman–Crippen MR) is 93.3 cm³/mol. The maximum absolute atomic E-state index is 6.46. The molecule has 1 aliphatic heterocycles. The van der Waals surface area contributed by atoms with Crippen molar-refractivity contribution in [3.8, 4) is 0 Å². The van der Waals surface area contributed by atoms with E-state index in [1.54, 1.807) is 0 Å². The summed E-state index contributed by atoms with van der Waals surface area (Å²) < 4.78 is 0. The third-order valence-electron chi connectivity index (χ3n) is 4.59. The highest BCUT2D eigenvalue weighted by atomic mass is 35.5. The van der Waals surface area contributed by atoms with Gasteiger partial charge in [-0.3, -0.25) is 0 Å². The standard InChI is InChI=1S/C18H29ClN2/c1-3-11-20-14-16-17(19)8-5-9-18(16)21-12-6-7-15(4-2)10-13-21/h5,8-9,15,20H,3-4,6-7,10-14H2,1-2H3. The number of anilines is 1. The van der Waals surface area contributed by atoms with Gasteiger partial charge in [0.1, 0.15) is 0 Å². The van der Waals surface area contributed by atoms with E-state index in [1.807, 2.05) is 6.07 Å². The third kappa shape index (κ3) is 4.62. The maximum Gasteiger partial charge on any atom is 0.0471 e. The Morgan fingerprint density at radius 1 is 1.24 bits per heavy atom. The molecular weight excluding hydrogens is 280 g/mol. The molecule has 0 radical (unpaired) electrons. The van der Waals surface area contributed by atoms with Gasteiger partial charge in [0.05, 0.1) is 0 Å². The molecule has 0 bridgehead atoms. The van der Waals surface area contributed by atoms with E-state index < -0.39 is 0 Å². The van der Waals surface area contributed by atoms with Gasteiger partial charge >= 0.3 is 0 Å². The molecule has 1 unspecified atom stereocenters. The third-order valence-corrected chi connectivity index (χ3v) is 4.94. The van der Waals surface area contributed by atoms with Crippen LogP contribution in [0.2, 0.25) is 5.02 Å². The fraction of sp³-hybridized carbons (Fsp3) is 0.667. The summed E-state index contributed by atoms with van der Waals surface area (Å²) in [5, 5.41) is 4.39. The van der Waals surface area contributed by atoms with Crippen LogP contribution in [0, 0.1) is 5.92 Å². The quantitative estimate of drug-likeness (QED) is 0.755. The first-order chi connectivity index (χ1) is 10.3. The monoisotopic (exact) mass is 308 g/mol. The van der Waals surface area contributed by atoms with Crippen molar-refractivity contribution in [1.82, 2.24) is 5.32 Å². The van der Waals surface area contributed by atoms with Crippen molar-refractivity contribution in [3.05, 3.63) is 28.8 Å². The Morgan fingerprint density at radius 3 is 2.86 bits per heavy atom. The van der Waals surface area contributed by atoms with Crippen LogP contribution in [0.25, 0.3) is 0 Å². The summed E-state index contributed by atoms with van der Waals surface area (Å²) in [4.78, 5) is 2.55. The molecule has 0 spiro atoms. The average molecular weight is 309 g/mol. The smallest absolute Gasteiger partial charge is 0.0471 e. The molecule has 0 saturated carbocycles. The maximum atomic E-state index is 6.46. The van der Waals surface area contributed by atoms with Gasteiger partial charge in [0.25, 0.3) is 0 Å². The summed E-state index contributed by atoms with van der Waals surface area (Å²) in [7, 11) is 0. The second-order valence-electron chi connectivity index (χ2n) is 6.11. The van der Waals surface area contributed by atoms with Gasteiger partial charge in [-0.1, -0.05) is 37.9 Å². The molecule has 1 saturated heterocycles. The van der Waals surface area contributed by atoms with E-state index in [9.17, 15) is 0 Å². The van der Waals surface area contributed by atoms with E-state index >= 15 is 0 Å². The molecule has 1 aromatic carbocycles. The molecule has 1 atom stereocenters. The number of hydrogen-bond donors (Lipinski definition) is 1. The van der Waals surface area contributed by atoms with Gasteiger partial charge in [-0.25, -0.2) is 0 Å². The fourth-order valence-electron chi connectivity index (χ4n) is 3.22. The van der Waals surface area contributed by atoms with Crippen LogP contribution >= 0.6 is 11.6 Å². The molecule has 0 amide bonds. The summed E-state index contributed by atoms with van der Waals surface area (Å²) >= 11 is 6.46. The van der Waals surface area contributed by atoms with Crippen molar-refractivity contribution in [1.29, 1.82) is 0 Å². The molecule has 0 aliphatic carbocycles. The predicted octanol–water partition coefficient (Wildman–Crippen LogP) is 4.86. The van der Waals surface area contributed by atoms with Crippen LogP contribution in [-0.4, -0.2) is 19.6 Å². The van der Waals surface area contributed by atoms with Crippen molar-refractivity contribution < 1.29 is 0 Å². The highest BCUT2D eigenvalue weighted by molar-refractivity contribution is 6.31. The van der Waals surface area contributed by atoms with Crippen molar-refractivity contribution in [2.75, 3.05) is 24.5 Å².